The van der Waals surface area contributed by atoms with Crippen molar-refractivity contribution < 1.29 is 0 Å². The lowest BCUT2D eigenvalue weighted by Gasteiger charge is -2.33. The van der Waals surface area contributed by atoms with Gasteiger partial charge in [0.1, 0.15) is 0 Å². The summed E-state index contributed by atoms with van der Waals surface area (Å²) < 4.78 is 2.00. The van der Waals surface area contributed by atoms with Crippen molar-refractivity contribution in [3.8, 4) is 0 Å². The molecule has 1 aromatic rings. The summed E-state index contributed by atoms with van der Waals surface area (Å²) in [6.07, 6.45) is 7.63. The molecule has 1 aromatic heterocycles. The quantitative estimate of drug-likeness (QED) is 0.346. The van der Waals surface area contributed by atoms with Gasteiger partial charge in [0.05, 0.1) is 6.20 Å². The van der Waals surface area contributed by atoms with Gasteiger partial charge in [0.25, 0.3) is 0 Å². The molecule has 1 saturated heterocycles. The van der Waals surface area contributed by atoms with Crippen LogP contribution in [0, 0.1) is 12.8 Å². The van der Waals surface area contributed by atoms with E-state index >= 15 is 0 Å². The molecule has 0 aliphatic carbocycles. The van der Waals surface area contributed by atoms with E-state index in [1.54, 1.807) is 0 Å². The molecule has 1 atom stereocenters. The van der Waals surface area contributed by atoms with Crippen molar-refractivity contribution in [1.29, 1.82) is 0 Å². The molecule has 126 valence electrons. The average molecular weight is 419 g/mol. The van der Waals surface area contributed by atoms with Crippen LogP contribution in [0.2, 0.25) is 0 Å². The number of nitrogens with zero attached hydrogens (tertiary/aromatic N) is 4. The highest BCUT2D eigenvalue weighted by Gasteiger charge is 2.18. The number of aliphatic imine (C=N–C) groups is 1. The van der Waals surface area contributed by atoms with E-state index < -0.39 is 0 Å². The number of hydrogen-bond acceptors (Lipinski definition) is 2. The van der Waals surface area contributed by atoms with Gasteiger partial charge in [0, 0.05) is 38.9 Å². The predicted octanol–water partition coefficient (Wildman–Crippen LogP) is 2.90. The summed E-state index contributed by atoms with van der Waals surface area (Å²) in [6, 6.07) is 0. The van der Waals surface area contributed by atoms with E-state index in [4.69, 9.17) is 4.99 Å². The normalized spacial score (nSPS) is 19.0. The zero-order chi connectivity index (χ0) is 15.1. The highest BCUT2D eigenvalue weighted by molar-refractivity contribution is 14.0. The lowest BCUT2D eigenvalue weighted by atomic mass is 10.0. The van der Waals surface area contributed by atoms with Crippen LogP contribution < -0.4 is 5.32 Å². The van der Waals surface area contributed by atoms with Crippen molar-refractivity contribution in [3.63, 3.8) is 0 Å². The first-order valence-corrected chi connectivity index (χ1v) is 8.21. The maximum absolute atomic E-state index is 4.78. The Kier molecular flexibility index (Phi) is 8.82. The van der Waals surface area contributed by atoms with Gasteiger partial charge in [-0.15, -0.1) is 24.0 Å². The highest BCUT2D eigenvalue weighted by Crippen LogP contribution is 2.15. The van der Waals surface area contributed by atoms with E-state index in [9.17, 15) is 0 Å². The molecule has 1 N–H and O–H groups in total. The number of piperidine rings is 1. The molecule has 2 heterocycles. The average Bonchev–Trinajstić information content (AvgIpc) is 2.88. The van der Waals surface area contributed by atoms with Gasteiger partial charge in [0.2, 0.25) is 0 Å². The molecule has 0 aromatic carbocycles. The maximum Gasteiger partial charge on any atom is 0.193 e. The van der Waals surface area contributed by atoms with Crippen LogP contribution >= 0.6 is 24.0 Å². The van der Waals surface area contributed by atoms with Gasteiger partial charge in [0.15, 0.2) is 5.96 Å². The Labute approximate surface area is 151 Å². The van der Waals surface area contributed by atoms with Crippen molar-refractivity contribution in [2.24, 2.45) is 10.9 Å². The van der Waals surface area contributed by atoms with Crippen LogP contribution in [-0.2, 0) is 6.54 Å². The van der Waals surface area contributed by atoms with Gasteiger partial charge in [-0.25, -0.2) is 0 Å². The van der Waals surface area contributed by atoms with E-state index in [2.05, 4.69) is 42.3 Å². The molecule has 5 nitrogen and oxygen atoms in total. The Bertz CT molecular complexity index is 457. The van der Waals surface area contributed by atoms with Crippen molar-refractivity contribution in [1.82, 2.24) is 20.0 Å². The summed E-state index contributed by atoms with van der Waals surface area (Å²) in [5, 5.41) is 7.74. The molecule has 1 aliphatic heterocycles. The number of guanidine groups is 1. The summed E-state index contributed by atoms with van der Waals surface area (Å²) in [4.78, 5) is 7.20. The van der Waals surface area contributed by atoms with Crippen LogP contribution in [-0.4, -0.2) is 46.8 Å². The van der Waals surface area contributed by atoms with Crippen molar-refractivity contribution in [2.75, 3.05) is 26.2 Å². The van der Waals surface area contributed by atoms with Gasteiger partial charge in [-0.1, -0.05) is 6.92 Å². The SMILES string of the molecule is CCNC(=NCCCn1cc(C)cn1)N1CCCC(C)C1.I. The number of nitrogens with one attached hydrogen (secondary N) is 1. The van der Waals surface area contributed by atoms with Crippen LogP contribution in [0.5, 0.6) is 0 Å². The van der Waals surface area contributed by atoms with Crippen LogP contribution in [0.1, 0.15) is 38.7 Å². The highest BCUT2D eigenvalue weighted by atomic mass is 127. The van der Waals surface area contributed by atoms with Gasteiger partial charge in [-0.2, -0.15) is 5.10 Å². The van der Waals surface area contributed by atoms with Gasteiger partial charge < -0.3 is 10.2 Å². The lowest BCUT2D eigenvalue weighted by Crippen LogP contribution is -2.46. The van der Waals surface area contributed by atoms with Crippen LogP contribution in [0.15, 0.2) is 17.4 Å². The Balaban J connectivity index is 0.00000242. The minimum atomic E-state index is 0. The molecular weight excluding hydrogens is 389 g/mol. The predicted molar refractivity (Wildman–Crippen MR) is 103 cm³/mol. The van der Waals surface area contributed by atoms with E-state index in [0.29, 0.717) is 0 Å². The van der Waals surface area contributed by atoms with Gasteiger partial charge >= 0.3 is 0 Å². The zero-order valence-corrected chi connectivity index (χ0v) is 16.4. The van der Waals surface area contributed by atoms with Crippen molar-refractivity contribution in [3.05, 3.63) is 18.0 Å². The summed E-state index contributed by atoms with van der Waals surface area (Å²) in [6.45, 7) is 11.5. The fourth-order valence-corrected chi connectivity index (χ4v) is 2.81. The third-order valence-electron chi connectivity index (χ3n) is 3.86. The molecule has 0 bridgehead atoms. The molecular formula is C16H30IN5. The number of rotatable bonds is 5. The second-order valence-corrected chi connectivity index (χ2v) is 6.06. The zero-order valence-electron chi connectivity index (χ0n) is 14.1. The number of aryl methyl sites for hydroxylation is 2. The third-order valence-corrected chi connectivity index (χ3v) is 3.86. The molecule has 1 fully saturated rings. The van der Waals surface area contributed by atoms with E-state index in [1.807, 2.05) is 10.9 Å². The monoisotopic (exact) mass is 419 g/mol. The summed E-state index contributed by atoms with van der Waals surface area (Å²) in [7, 11) is 0. The van der Waals surface area contributed by atoms with Crippen molar-refractivity contribution >= 4 is 29.9 Å². The van der Waals surface area contributed by atoms with E-state index in [-0.39, 0.29) is 24.0 Å². The molecule has 1 unspecified atom stereocenters. The minimum Gasteiger partial charge on any atom is -0.357 e. The van der Waals surface area contributed by atoms with Gasteiger partial charge in [-0.05, 0) is 44.6 Å². The van der Waals surface area contributed by atoms with Crippen LogP contribution in [0.25, 0.3) is 0 Å². The summed E-state index contributed by atoms with van der Waals surface area (Å²) >= 11 is 0. The van der Waals surface area contributed by atoms with E-state index in [0.717, 1.165) is 51.0 Å². The first kappa shape index (κ1) is 19.3. The Morgan fingerprint density at radius 1 is 1.50 bits per heavy atom. The standard InChI is InChI=1S/C16H29N5.HI/c1-4-17-16(20-9-5-7-14(2)12-20)18-8-6-10-21-13-15(3)11-19-21;/h11,13-14H,4-10,12H2,1-3H3,(H,17,18);1H. The molecule has 0 saturated carbocycles. The fourth-order valence-electron chi connectivity index (χ4n) is 2.81. The van der Waals surface area contributed by atoms with Crippen LogP contribution in [0.3, 0.4) is 0 Å². The molecule has 2 rings (SSSR count). The number of aromatic nitrogens is 2. The first-order chi connectivity index (χ1) is 10.2. The topological polar surface area (TPSA) is 45.5 Å². The molecule has 1 aliphatic rings. The lowest BCUT2D eigenvalue weighted by molar-refractivity contribution is 0.266. The van der Waals surface area contributed by atoms with E-state index in [1.165, 1.54) is 18.4 Å². The second-order valence-electron chi connectivity index (χ2n) is 6.06. The molecule has 0 radical (unpaired) electrons. The second kappa shape index (κ2) is 10.1. The Hall–Kier alpha value is -0.790. The van der Waals surface area contributed by atoms with Gasteiger partial charge in [-0.3, -0.25) is 9.67 Å². The molecule has 0 spiro atoms. The number of halogens is 1. The first-order valence-electron chi connectivity index (χ1n) is 8.21. The summed E-state index contributed by atoms with van der Waals surface area (Å²) in [5.74, 6) is 1.86. The maximum atomic E-state index is 4.78. The molecule has 0 amide bonds. The van der Waals surface area contributed by atoms with Crippen LogP contribution in [0.4, 0.5) is 0 Å². The van der Waals surface area contributed by atoms with Crippen molar-refractivity contribution in [2.45, 2.75) is 46.6 Å². The summed E-state index contributed by atoms with van der Waals surface area (Å²) in [5.41, 5.74) is 1.22. The minimum absolute atomic E-state index is 0. The molecule has 6 heteroatoms. The number of hydrogen-bond donors (Lipinski definition) is 1. The smallest absolute Gasteiger partial charge is 0.193 e. The largest absolute Gasteiger partial charge is 0.357 e. The number of likely N-dealkylation sites (tertiary alicyclic amines) is 1. The Morgan fingerprint density at radius 3 is 2.95 bits per heavy atom. The Morgan fingerprint density at radius 2 is 2.32 bits per heavy atom. The fraction of sp³-hybridized carbons (Fsp3) is 0.750. The molecule has 22 heavy (non-hydrogen) atoms. The third kappa shape index (κ3) is 6.14.